The molecule has 0 unspecified atom stereocenters. The van der Waals surface area contributed by atoms with E-state index in [2.05, 4.69) is 10.1 Å². The topological polar surface area (TPSA) is 47.8 Å². The van der Waals surface area contributed by atoms with E-state index in [1.54, 1.807) is 7.05 Å². The van der Waals surface area contributed by atoms with Crippen LogP contribution in [0.1, 0.15) is 16.1 Å². The summed E-state index contributed by atoms with van der Waals surface area (Å²) in [5.74, 6) is -1.08. The molecule has 2 rings (SSSR count). The van der Waals surface area contributed by atoms with Gasteiger partial charge >= 0.3 is 0 Å². The summed E-state index contributed by atoms with van der Waals surface area (Å²) in [5.41, 5.74) is 0.153. The van der Waals surface area contributed by atoms with Crippen LogP contribution >= 0.6 is 0 Å². The van der Waals surface area contributed by atoms with Crippen LogP contribution in [-0.2, 0) is 7.05 Å². The van der Waals surface area contributed by atoms with E-state index in [4.69, 9.17) is 0 Å². The van der Waals surface area contributed by atoms with Crippen molar-refractivity contribution in [3.63, 3.8) is 0 Å². The van der Waals surface area contributed by atoms with E-state index in [9.17, 15) is 9.18 Å². The maximum Gasteiger partial charge on any atom is 0.217 e. The Hall–Kier alpha value is -2.04. The molecule has 0 atom stereocenters. The predicted octanol–water partition coefficient (Wildman–Crippen LogP) is 1.19. The van der Waals surface area contributed by atoms with Gasteiger partial charge in [0.2, 0.25) is 5.78 Å². The molecule has 0 spiro atoms. The number of halogens is 1. The molecule has 2 heterocycles. The number of hydrogen-bond acceptors (Lipinski definition) is 3. The molecule has 0 fully saturated rings. The van der Waals surface area contributed by atoms with Gasteiger partial charge in [0, 0.05) is 19.4 Å². The standard InChI is InChI=1S/C10H8FN3O/c1-14-6-7(5-13-14)10(15)9-8(11)3-2-4-12-9/h2-6H,1H3. The second-order valence-corrected chi connectivity index (χ2v) is 3.07. The third-order valence-electron chi connectivity index (χ3n) is 1.94. The monoisotopic (exact) mass is 205 g/mol. The first-order valence-corrected chi connectivity index (χ1v) is 4.32. The number of aromatic nitrogens is 3. The highest BCUT2D eigenvalue weighted by Crippen LogP contribution is 2.09. The van der Waals surface area contributed by atoms with E-state index in [0.717, 1.165) is 0 Å². The van der Waals surface area contributed by atoms with Crippen LogP contribution in [0.25, 0.3) is 0 Å². The van der Waals surface area contributed by atoms with Crippen molar-refractivity contribution in [3.05, 3.63) is 47.8 Å². The molecule has 0 aliphatic rings. The summed E-state index contributed by atoms with van der Waals surface area (Å²) >= 11 is 0. The molecule has 0 aliphatic carbocycles. The smallest absolute Gasteiger partial charge is 0.217 e. The van der Waals surface area contributed by atoms with Gasteiger partial charge in [-0.3, -0.25) is 9.48 Å². The molecule has 4 nitrogen and oxygen atoms in total. The molecule has 0 saturated carbocycles. The average molecular weight is 205 g/mol. The first-order chi connectivity index (χ1) is 7.18. The molecule has 0 bridgehead atoms. The van der Waals surface area contributed by atoms with E-state index >= 15 is 0 Å². The number of rotatable bonds is 2. The van der Waals surface area contributed by atoms with Crippen molar-refractivity contribution in [3.8, 4) is 0 Å². The molecule has 0 saturated heterocycles. The average Bonchev–Trinajstić information content (AvgIpc) is 2.65. The largest absolute Gasteiger partial charge is 0.287 e. The Balaban J connectivity index is 2.41. The SMILES string of the molecule is Cn1cc(C(=O)c2ncccc2F)cn1. The van der Waals surface area contributed by atoms with Gasteiger partial charge in [0.25, 0.3) is 0 Å². The molecule has 76 valence electrons. The summed E-state index contributed by atoms with van der Waals surface area (Å²) in [6, 6.07) is 2.64. The molecule has 2 aromatic heterocycles. The van der Waals surface area contributed by atoms with Crippen molar-refractivity contribution in [2.24, 2.45) is 7.05 Å². The number of nitrogens with zero attached hydrogens (tertiary/aromatic N) is 3. The minimum absolute atomic E-state index is 0.175. The van der Waals surface area contributed by atoms with E-state index in [-0.39, 0.29) is 5.69 Å². The normalized spacial score (nSPS) is 10.3. The molecule has 2 aromatic rings. The summed E-state index contributed by atoms with van der Waals surface area (Å²) in [6.45, 7) is 0. The Bertz CT molecular complexity index is 507. The Morgan fingerprint density at radius 1 is 1.53 bits per heavy atom. The minimum atomic E-state index is -0.619. The van der Waals surface area contributed by atoms with E-state index < -0.39 is 11.6 Å². The maximum atomic E-state index is 13.2. The lowest BCUT2D eigenvalue weighted by Crippen LogP contribution is -2.05. The highest BCUT2D eigenvalue weighted by atomic mass is 19.1. The van der Waals surface area contributed by atoms with Crippen LogP contribution in [0.15, 0.2) is 30.7 Å². The lowest BCUT2D eigenvalue weighted by Gasteiger charge is -1.97. The first kappa shape index (κ1) is 9.51. The van der Waals surface area contributed by atoms with Crippen LogP contribution in [0.3, 0.4) is 0 Å². The number of hydrogen-bond donors (Lipinski definition) is 0. The second kappa shape index (κ2) is 3.61. The summed E-state index contributed by atoms with van der Waals surface area (Å²) in [6.07, 6.45) is 4.29. The third kappa shape index (κ3) is 1.76. The van der Waals surface area contributed by atoms with Gasteiger partial charge in [-0.05, 0) is 12.1 Å². The molecule has 0 amide bonds. The summed E-state index contributed by atoms with van der Waals surface area (Å²) in [7, 11) is 1.69. The Morgan fingerprint density at radius 2 is 2.33 bits per heavy atom. The lowest BCUT2D eigenvalue weighted by molar-refractivity contribution is 0.103. The lowest BCUT2D eigenvalue weighted by atomic mass is 10.1. The number of pyridine rings is 1. The van der Waals surface area contributed by atoms with Gasteiger partial charge in [-0.2, -0.15) is 5.10 Å². The molecule has 0 aliphatic heterocycles. The third-order valence-corrected chi connectivity index (χ3v) is 1.94. The maximum absolute atomic E-state index is 13.2. The van der Waals surface area contributed by atoms with Crippen LogP contribution in [0.4, 0.5) is 4.39 Å². The fourth-order valence-corrected chi connectivity index (χ4v) is 1.23. The van der Waals surface area contributed by atoms with Crippen LogP contribution in [0, 0.1) is 5.82 Å². The quantitative estimate of drug-likeness (QED) is 0.692. The van der Waals surface area contributed by atoms with Crippen molar-refractivity contribution >= 4 is 5.78 Å². The number of carbonyl (C=O) groups is 1. The van der Waals surface area contributed by atoms with Gasteiger partial charge in [-0.1, -0.05) is 0 Å². The molecular weight excluding hydrogens is 197 g/mol. The summed E-state index contributed by atoms with van der Waals surface area (Å²) < 4.78 is 14.7. The molecule has 0 N–H and O–H groups in total. The predicted molar refractivity (Wildman–Crippen MR) is 50.8 cm³/mol. The van der Waals surface area contributed by atoms with Crippen molar-refractivity contribution in [2.75, 3.05) is 0 Å². The zero-order valence-electron chi connectivity index (χ0n) is 8.01. The highest BCUT2D eigenvalue weighted by molar-refractivity contribution is 6.07. The van der Waals surface area contributed by atoms with Crippen LogP contribution in [0.2, 0.25) is 0 Å². The highest BCUT2D eigenvalue weighted by Gasteiger charge is 2.16. The molecular formula is C10H8FN3O. The van der Waals surface area contributed by atoms with E-state index in [1.165, 1.54) is 35.4 Å². The van der Waals surface area contributed by atoms with Crippen LogP contribution < -0.4 is 0 Å². The molecule has 0 aromatic carbocycles. The second-order valence-electron chi connectivity index (χ2n) is 3.07. The van der Waals surface area contributed by atoms with Crippen LogP contribution in [-0.4, -0.2) is 20.5 Å². The van der Waals surface area contributed by atoms with Gasteiger partial charge in [-0.25, -0.2) is 9.37 Å². The Kier molecular flexibility index (Phi) is 2.29. The summed E-state index contributed by atoms with van der Waals surface area (Å²) in [4.78, 5) is 15.4. The summed E-state index contributed by atoms with van der Waals surface area (Å²) in [5, 5.41) is 3.84. The van der Waals surface area contributed by atoms with Crippen molar-refractivity contribution in [1.82, 2.24) is 14.8 Å². The van der Waals surface area contributed by atoms with Gasteiger partial charge in [0.05, 0.1) is 11.8 Å². The van der Waals surface area contributed by atoms with Gasteiger partial charge in [0.1, 0.15) is 5.69 Å². The fraction of sp³-hybridized carbons (Fsp3) is 0.100. The minimum Gasteiger partial charge on any atom is -0.287 e. The van der Waals surface area contributed by atoms with E-state index in [1.807, 2.05) is 0 Å². The number of carbonyl (C=O) groups excluding carboxylic acids is 1. The van der Waals surface area contributed by atoms with E-state index in [0.29, 0.717) is 5.56 Å². The molecule has 0 radical (unpaired) electrons. The van der Waals surface area contributed by atoms with Gasteiger partial charge < -0.3 is 0 Å². The zero-order chi connectivity index (χ0) is 10.8. The first-order valence-electron chi connectivity index (χ1n) is 4.32. The van der Waals surface area contributed by atoms with Gasteiger partial charge in [-0.15, -0.1) is 0 Å². The Labute approximate surface area is 85.4 Å². The van der Waals surface area contributed by atoms with Gasteiger partial charge in [0.15, 0.2) is 5.82 Å². The number of ketones is 1. The van der Waals surface area contributed by atoms with Crippen molar-refractivity contribution < 1.29 is 9.18 Å². The molecule has 5 heteroatoms. The number of aryl methyl sites for hydroxylation is 1. The zero-order valence-corrected chi connectivity index (χ0v) is 8.01. The Morgan fingerprint density at radius 3 is 2.93 bits per heavy atom. The van der Waals surface area contributed by atoms with Crippen molar-refractivity contribution in [1.29, 1.82) is 0 Å². The molecule has 15 heavy (non-hydrogen) atoms. The van der Waals surface area contributed by atoms with Crippen LogP contribution in [0.5, 0.6) is 0 Å². The fourth-order valence-electron chi connectivity index (χ4n) is 1.23. The van der Waals surface area contributed by atoms with Crippen molar-refractivity contribution in [2.45, 2.75) is 0 Å².